The number of ether oxygens (including phenoxy) is 2. The second-order valence-electron chi connectivity index (χ2n) is 7.31. The number of aliphatic imine (C=N–C) groups is 1. The molecule has 35 heavy (non-hydrogen) atoms. The van der Waals surface area contributed by atoms with Gasteiger partial charge in [0, 0.05) is 17.0 Å². The average Bonchev–Trinajstić information content (AvgIpc) is 3.09. The smallest absolute Gasteiger partial charge is 0.344 e. The fourth-order valence-electron chi connectivity index (χ4n) is 3.09. The van der Waals surface area contributed by atoms with Crippen molar-refractivity contribution in [2.75, 3.05) is 6.61 Å². The fraction of sp³-hybridized carbons (Fsp3) is 0.240. The van der Waals surface area contributed by atoms with Crippen LogP contribution in [0.4, 0.5) is 0 Å². The molecule has 0 saturated carbocycles. The van der Waals surface area contributed by atoms with E-state index in [2.05, 4.69) is 36.9 Å². The van der Waals surface area contributed by atoms with Gasteiger partial charge in [-0.1, -0.05) is 48.5 Å². The first kappa shape index (κ1) is 27.5. The molecule has 1 N–H and O–H groups in total. The highest BCUT2D eigenvalue weighted by molar-refractivity contribution is 9.11. The summed E-state index contributed by atoms with van der Waals surface area (Å²) in [7, 11) is 0. The highest BCUT2D eigenvalue weighted by atomic mass is 79.9. The molecule has 0 saturated heterocycles. The maximum Gasteiger partial charge on any atom is 0.344 e. The van der Waals surface area contributed by atoms with E-state index in [9.17, 15) is 14.7 Å². The molecule has 1 aliphatic heterocycles. The van der Waals surface area contributed by atoms with Crippen molar-refractivity contribution in [1.29, 1.82) is 0 Å². The number of aliphatic hydroxyl groups is 1. The number of carbonyl (C=O) groups is 2. The number of hydrogen-bond donors (Lipinski definition) is 1. The van der Waals surface area contributed by atoms with E-state index in [1.165, 1.54) is 0 Å². The molecule has 2 aromatic carbocycles. The minimum atomic E-state index is -0.727. The maximum atomic E-state index is 12.5. The number of amides is 1. The molecule has 10 heteroatoms. The van der Waals surface area contributed by atoms with Crippen LogP contribution in [-0.2, 0) is 20.9 Å². The Labute approximate surface area is 229 Å². The number of esters is 1. The standard InChI is InChI=1S/C25H22Br2ClNO5S/c1-3-7-20(30)29-24-21(25(32)33-4-2)22(31)19(35-24)12-14-10-16(26)23(17(27)11-14)34-13-15-8-5-6-9-18(15)28/h5-6,8-12,31H,3-4,7,13H2,1-2H3/b19-12-,29-24?. The SMILES string of the molecule is CCCC(=O)N=C1S/C(=C\c2cc(Br)c(OCc3ccccc3Cl)c(Br)c2)C(O)=C1C(=O)OCC. The lowest BCUT2D eigenvalue weighted by Gasteiger charge is -2.12. The van der Waals surface area contributed by atoms with E-state index in [1.807, 2.05) is 37.3 Å². The predicted molar refractivity (Wildman–Crippen MR) is 147 cm³/mol. The molecule has 3 rings (SSSR count). The van der Waals surface area contributed by atoms with Gasteiger partial charge in [0.25, 0.3) is 0 Å². The van der Waals surface area contributed by atoms with Gasteiger partial charge in [-0.3, -0.25) is 4.79 Å². The van der Waals surface area contributed by atoms with E-state index in [0.717, 1.165) is 17.3 Å². The van der Waals surface area contributed by atoms with Crippen molar-refractivity contribution in [2.45, 2.75) is 33.3 Å². The van der Waals surface area contributed by atoms with Crippen LogP contribution in [0.1, 0.15) is 37.8 Å². The Kier molecular flexibility index (Phi) is 10.0. The van der Waals surface area contributed by atoms with Crippen LogP contribution in [0.15, 0.2) is 66.6 Å². The zero-order chi connectivity index (χ0) is 25.5. The van der Waals surface area contributed by atoms with Gasteiger partial charge in [0.05, 0.1) is 20.5 Å². The Bertz CT molecular complexity index is 1220. The van der Waals surface area contributed by atoms with E-state index in [-0.39, 0.29) is 41.9 Å². The zero-order valence-corrected chi connectivity index (χ0v) is 23.7. The molecule has 1 heterocycles. The second-order valence-corrected chi connectivity index (χ2v) is 10.5. The molecule has 0 bridgehead atoms. The largest absolute Gasteiger partial charge is 0.506 e. The minimum absolute atomic E-state index is 0.106. The van der Waals surface area contributed by atoms with Crippen molar-refractivity contribution in [3.8, 4) is 5.75 Å². The molecule has 1 amide bonds. The topological polar surface area (TPSA) is 85.2 Å². The van der Waals surface area contributed by atoms with Crippen LogP contribution >= 0.6 is 55.2 Å². The molecule has 0 aliphatic carbocycles. The molecule has 0 radical (unpaired) electrons. The zero-order valence-electron chi connectivity index (χ0n) is 18.9. The Morgan fingerprint density at radius 2 is 1.86 bits per heavy atom. The summed E-state index contributed by atoms with van der Waals surface area (Å²) in [5.41, 5.74) is 1.46. The minimum Gasteiger partial charge on any atom is -0.506 e. The normalized spacial score (nSPS) is 15.7. The summed E-state index contributed by atoms with van der Waals surface area (Å²) in [6.07, 6.45) is 2.56. The summed E-state index contributed by atoms with van der Waals surface area (Å²) < 4.78 is 12.4. The van der Waals surface area contributed by atoms with Crippen molar-refractivity contribution in [3.05, 3.63) is 77.7 Å². The van der Waals surface area contributed by atoms with Gasteiger partial charge >= 0.3 is 5.97 Å². The molecule has 6 nitrogen and oxygen atoms in total. The lowest BCUT2D eigenvalue weighted by Crippen LogP contribution is -2.14. The number of hydrogen-bond acceptors (Lipinski definition) is 6. The number of rotatable bonds is 8. The third kappa shape index (κ3) is 7.00. The van der Waals surface area contributed by atoms with Crippen LogP contribution in [0, 0.1) is 0 Å². The van der Waals surface area contributed by atoms with Crippen LogP contribution < -0.4 is 4.74 Å². The molecule has 0 atom stereocenters. The number of benzene rings is 2. The summed E-state index contributed by atoms with van der Waals surface area (Å²) in [5, 5.41) is 11.5. The van der Waals surface area contributed by atoms with Crippen molar-refractivity contribution < 1.29 is 24.2 Å². The van der Waals surface area contributed by atoms with Gasteiger partial charge in [-0.05, 0) is 75.0 Å². The monoisotopic (exact) mass is 641 g/mol. The molecule has 0 aromatic heterocycles. The number of thioether (sulfide) groups is 1. The summed E-state index contributed by atoms with van der Waals surface area (Å²) in [6.45, 7) is 3.94. The molecule has 0 fully saturated rings. The highest BCUT2D eigenvalue weighted by Crippen LogP contribution is 2.41. The Morgan fingerprint density at radius 1 is 1.17 bits per heavy atom. The molecule has 184 valence electrons. The summed E-state index contributed by atoms with van der Waals surface area (Å²) in [4.78, 5) is 29.0. The number of halogens is 3. The number of aliphatic hydroxyl groups excluding tert-OH is 1. The number of carbonyl (C=O) groups excluding carboxylic acids is 2. The molecule has 0 spiro atoms. The van der Waals surface area contributed by atoms with Gasteiger partial charge in [0.2, 0.25) is 5.91 Å². The average molecular weight is 644 g/mol. The maximum absolute atomic E-state index is 12.5. The Balaban J connectivity index is 1.90. The van der Waals surface area contributed by atoms with Crippen molar-refractivity contribution in [1.82, 2.24) is 0 Å². The van der Waals surface area contributed by atoms with Gasteiger partial charge < -0.3 is 14.6 Å². The van der Waals surface area contributed by atoms with Gasteiger partial charge in [0.15, 0.2) is 0 Å². The van der Waals surface area contributed by atoms with E-state index >= 15 is 0 Å². The van der Waals surface area contributed by atoms with Crippen molar-refractivity contribution in [2.24, 2.45) is 4.99 Å². The van der Waals surface area contributed by atoms with Gasteiger partial charge in [-0.2, -0.15) is 0 Å². The molecule has 1 aliphatic rings. The van der Waals surface area contributed by atoms with Crippen LogP contribution in [-0.4, -0.2) is 28.6 Å². The van der Waals surface area contributed by atoms with Crippen molar-refractivity contribution in [3.63, 3.8) is 0 Å². The van der Waals surface area contributed by atoms with Crippen LogP contribution in [0.3, 0.4) is 0 Å². The van der Waals surface area contributed by atoms with Crippen LogP contribution in [0.25, 0.3) is 6.08 Å². The lowest BCUT2D eigenvalue weighted by atomic mass is 10.1. The van der Waals surface area contributed by atoms with Crippen LogP contribution in [0.2, 0.25) is 5.02 Å². The summed E-state index contributed by atoms with van der Waals surface area (Å²) in [5.74, 6) is -0.778. The van der Waals surface area contributed by atoms with Gasteiger partial charge in [0.1, 0.15) is 28.7 Å². The third-order valence-electron chi connectivity index (χ3n) is 4.71. The first-order valence-electron chi connectivity index (χ1n) is 10.7. The third-order valence-corrected chi connectivity index (χ3v) is 7.28. The first-order chi connectivity index (χ1) is 16.7. The summed E-state index contributed by atoms with van der Waals surface area (Å²) in [6, 6.07) is 11.1. The molecular weight excluding hydrogens is 622 g/mol. The quantitative estimate of drug-likeness (QED) is 0.298. The first-order valence-corrected chi connectivity index (χ1v) is 13.5. The number of nitrogens with zero attached hydrogens (tertiary/aromatic N) is 1. The van der Waals surface area contributed by atoms with E-state index in [4.69, 9.17) is 21.1 Å². The lowest BCUT2D eigenvalue weighted by molar-refractivity contribution is -0.138. The van der Waals surface area contributed by atoms with Gasteiger partial charge in [-0.15, -0.1) is 0 Å². The van der Waals surface area contributed by atoms with E-state index in [0.29, 0.717) is 36.6 Å². The van der Waals surface area contributed by atoms with E-state index in [1.54, 1.807) is 19.1 Å². The van der Waals surface area contributed by atoms with E-state index < -0.39 is 5.97 Å². The van der Waals surface area contributed by atoms with Crippen molar-refractivity contribution >= 4 is 78.2 Å². The second kappa shape index (κ2) is 12.8. The molecular formula is C25H22Br2ClNO5S. The Hall–Kier alpha value is -2.07. The Morgan fingerprint density at radius 3 is 2.49 bits per heavy atom. The predicted octanol–water partition coefficient (Wildman–Crippen LogP) is 7.63. The van der Waals surface area contributed by atoms with Crippen LogP contribution in [0.5, 0.6) is 5.75 Å². The fourth-order valence-corrected chi connectivity index (χ4v) is 5.76. The summed E-state index contributed by atoms with van der Waals surface area (Å²) >= 11 is 14.3. The van der Waals surface area contributed by atoms with Gasteiger partial charge in [-0.25, -0.2) is 9.79 Å². The highest BCUT2D eigenvalue weighted by Gasteiger charge is 2.33. The molecule has 2 aromatic rings. The molecule has 0 unspecified atom stereocenters.